The van der Waals surface area contributed by atoms with Crippen LogP contribution in [0.2, 0.25) is 0 Å². The fourth-order valence-corrected chi connectivity index (χ4v) is 5.01. The highest BCUT2D eigenvalue weighted by atomic mass is 32.1. The Morgan fingerprint density at radius 3 is 2.34 bits per heavy atom. The minimum Gasteiger partial charge on any atom is -0.493 e. The van der Waals surface area contributed by atoms with Crippen molar-refractivity contribution in [2.75, 3.05) is 14.2 Å². The number of thiazole rings is 1. The van der Waals surface area contributed by atoms with Gasteiger partial charge >= 0.3 is 0 Å². The fourth-order valence-electron chi connectivity index (χ4n) is 4.11. The molecular weight excluding hydrogens is 505 g/mol. The van der Waals surface area contributed by atoms with Crippen LogP contribution in [0.1, 0.15) is 5.56 Å². The van der Waals surface area contributed by atoms with E-state index in [0.717, 1.165) is 16.8 Å². The molecule has 0 N–H and O–H groups in total. The van der Waals surface area contributed by atoms with Crippen molar-refractivity contribution in [3.8, 4) is 39.8 Å². The van der Waals surface area contributed by atoms with E-state index in [2.05, 4.69) is 10.1 Å². The maximum absolute atomic E-state index is 13.3. The van der Waals surface area contributed by atoms with E-state index < -0.39 is 0 Å². The molecule has 0 aliphatic heterocycles. The predicted molar refractivity (Wildman–Crippen MR) is 143 cm³/mol. The van der Waals surface area contributed by atoms with Crippen LogP contribution in [0.5, 0.6) is 11.5 Å². The van der Waals surface area contributed by atoms with Crippen LogP contribution in [-0.4, -0.2) is 38.6 Å². The Morgan fingerprint density at radius 2 is 1.63 bits per heavy atom. The van der Waals surface area contributed by atoms with Crippen molar-refractivity contribution in [1.82, 2.24) is 24.4 Å². The first-order valence-corrected chi connectivity index (χ1v) is 12.4. The van der Waals surface area contributed by atoms with Crippen molar-refractivity contribution in [1.29, 1.82) is 0 Å². The van der Waals surface area contributed by atoms with Gasteiger partial charge in [-0.3, -0.25) is 4.79 Å². The molecule has 0 bridgehead atoms. The van der Waals surface area contributed by atoms with Gasteiger partial charge in [0.05, 0.1) is 24.4 Å². The monoisotopic (exact) mass is 525 g/mol. The average Bonchev–Trinajstić information content (AvgIpc) is 3.64. The number of fused-ring (bicyclic) bond motifs is 1. The third-order valence-corrected chi connectivity index (χ3v) is 6.95. The third-order valence-electron chi connectivity index (χ3n) is 5.99. The molecule has 0 radical (unpaired) electrons. The molecule has 3 aromatic heterocycles. The van der Waals surface area contributed by atoms with E-state index >= 15 is 0 Å². The number of aromatic nitrogens is 5. The largest absolute Gasteiger partial charge is 0.493 e. The highest BCUT2D eigenvalue weighted by molar-refractivity contribution is 7.15. The zero-order chi connectivity index (χ0) is 26.2. The molecule has 0 aliphatic carbocycles. The number of nitrogens with zero attached hydrogens (tertiary/aromatic N) is 5. The van der Waals surface area contributed by atoms with Crippen molar-refractivity contribution in [3.05, 3.63) is 105 Å². The second-order valence-corrected chi connectivity index (χ2v) is 9.34. The van der Waals surface area contributed by atoms with Crippen molar-refractivity contribution in [2.45, 2.75) is 0 Å². The summed E-state index contributed by atoms with van der Waals surface area (Å²) in [4.78, 5) is 18.2. The smallest absolute Gasteiger partial charge is 0.291 e. The number of para-hydroxylation sites is 1. The van der Waals surface area contributed by atoms with E-state index in [1.165, 1.54) is 28.0 Å². The maximum Gasteiger partial charge on any atom is 0.291 e. The first-order valence-electron chi connectivity index (χ1n) is 11.6. The minimum absolute atomic E-state index is 0.295. The lowest BCUT2D eigenvalue weighted by molar-refractivity contribution is 0.355. The summed E-state index contributed by atoms with van der Waals surface area (Å²) in [5.41, 5.74) is 3.42. The molecule has 6 aromatic rings. The molecule has 38 heavy (non-hydrogen) atoms. The molecule has 188 valence electrons. The number of hydrogen-bond donors (Lipinski definition) is 0. The highest BCUT2D eigenvalue weighted by Gasteiger charge is 2.16. The molecule has 3 heterocycles. The highest BCUT2D eigenvalue weighted by Crippen LogP contribution is 2.33. The van der Waals surface area contributed by atoms with Gasteiger partial charge in [-0.1, -0.05) is 29.5 Å². The second kappa shape index (κ2) is 9.56. The molecule has 10 heteroatoms. The third kappa shape index (κ3) is 4.20. The first-order chi connectivity index (χ1) is 18.5. The van der Waals surface area contributed by atoms with Gasteiger partial charge in [-0.05, 0) is 60.7 Å². The molecule has 0 atom stereocenters. The van der Waals surface area contributed by atoms with Gasteiger partial charge in [-0.2, -0.15) is 14.6 Å². The molecule has 0 spiro atoms. The van der Waals surface area contributed by atoms with Crippen molar-refractivity contribution in [3.63, 3.8) is 0 Å². The van der Waals surface area contributed by atoms with Crippen molar-refractivity contribution in [2.24, 2.45) is 0 Å². The Morgan fingerprint density at radius 1 is 0.895 bits per heavy atom. The lowest BCUT2D eigenvalue weighted by atomic mass is 10.1. The summed E-state index contributed by atoms with van der Waals surface area (Å²) in [7, 11) is 3.16. The Labute approximate surface area is 219 Å². The number of benzene rings is 3. The van der Waals surface area contributed by atoms with Gasteiger partial charge in [0.15, 0.2) is 17.3 Å². The van der Waals surface area contributed by atoms with Gasteiger partial charge in [-0.25, -0.2) is 9.07 Å². The number of ether oxygens (including phenoxy) is 2. The lowest BCUT2D eigenvalue weighted by Crippen LogP contribution is -2.23. The summed E-state index contributed by atoms with van der Waals surface area (Å²) < 4.78 is 27.7. The Bertz CT molecular complexity index is 1880. The molecular formula is C28H20FN5O3S. The van der Waals surface area contributed by atoms with Crippen LogP contribution in [-0.2, 0) is 0 Å². The summed E-state index contributed by atoms with van der Waals surface area (Å²) in [6.07, 6.45) is 3.67. The SMILES string of the molecule is COc1ccc(-c2nn(-c3ccccc3)cc2C=c2sc3nc(-c4ccc(F)cc4)nn3c2=O)cc1OC. The maximum atomic E-state index is 13.3. The normalized spacial score (nSPS) is 11.8. The summed E-state index contributed by atoms with van der Waals surface area (Å²) in [6.45, 7) is 0. The number of methoxy groups -OCH3 is 2. The second-order valence-electron chi connectivity index (χ2n) is 8.34. The molecule has 3 aromatic carbocycles. The molecule has 0 unspecified atom stereocenters. The first kappa shape index (κ1) is 23.6. The van der Waals surface area contributed by atoms with E-state index in [9.17, 15) is 9.18 Å². The summed E-state index contributed by atoms with van der Waals surface area (Å²) in [6, 6.07) is 21.1. The number of rotatable bonds is 6. The summed E-state index contributed by atoms with van der Waals surface area (Å²) >= 11 is 1.23. The molecule has 0 aliphatic rings. The number of halogens is 1. The average molecular weight is 526 g/mol. The quantitative estimate of drug-likeness (QED) is 0.321. The predicted octanol–water partition coefficient (Wildman–Crippen LogP) is 4.37. The van der Waals surface area contributed by atoms with Crippen LogP contribution in [0.25, 0.3) is 39.4 Å². The zero-order valence-corrected chi connectivity index (χ0v) is 21.1. The van der Waals surface area contributed by atoms with Crippen LogP contribution in [0.3, 0.4) is 0 Å². The van der Waals surface area contributed by atoms with Gasteiger partial charge in [-0.15, -0.1) is 5.10 Å². The standard InChI is InChI=1S/C28H20FN5O3S/c1-36-22-13-10-18(14-23(22)37-2)25-19(16-33(31-25)21-6-4-3-5-7-21)15-24-27(35)34-28(38-24)30-26(32-34)17-8-11-20(29)12-9-17/h3-16H,1-2H3. The Kier molecular flexibility index (Phi) is 5.93. The van der Waals surface area contributed by atoms with E-state index in [0.29, 0.717) is 38.1 Å². The minimum atomic E-state index is -0.350. The van der Waals surface area contributed by atoms with Crippen molar-refractivity contribution >= 4 is 22.4 Å². The van der Waals surface area contributed by atoms with Gasteiger partial charge in [0.2, 0.25) is 4.96 Å². The van der Waals surface area contributed by atoms with E-state index in [4.69, 9.17) is 14.6 Å². The van der Waals surface area contributed by atoms with Gasteiger partial charge in [0.25, 0.3) is 5.56 Å². The molecule has 0 fully saturated rings. The summed E-state index contributed by atoms with van der Waals surface area (Å²) in [5, 5.41) is 9.19. The van der Waals surface area contributed by atoms with E-state index in [1.807, 2.05) is 54.7 Å². The number of hydrogen-bond acceptors (Lipinski definition) is 7. The van der Waals surface area contributed by atoms with Crippen LogP contribution in [0.4, 0.5) is 4.39 Å². The molecule has 8 nitrogen and oxygen atoms in total. The van der Waals surface area contributed by atoms with Crippen molar-refractivity contribution < 1.29 is 13.9 Å². The molecule has 0 saturated carbocycles. The van der Waals surface area contributed by atoms with Crippen LogP contribution in [0, 0.1) is 5.82 Å². The molecule has 6 rings (SSSR count). The lowest BCUT2D eigenvalue weighted by Gasteiger charge is -2.09. The van der Waals surface area contributed by atoms with Crippen LogP contribution >= 0.6 is 11.3 Å². The van der Waals surface area contributed by atoms with Gasteiger partial charge in [0, 0.05) is 22.9 Å². The zero-order valence-electron chi connectivity index (χ0n) is 20.3. The van der Waals surface area contributed by atoms with Crippen LogP contribution < -0.4 is 19.6 Å². The Hall–Kier alpha value is -4.83. The molecule has 0 saturated heterocycles. The van der Waals surface area contributed by atoms with Gasteiger partial charge in [0.1, 0.15) is 11.5 Å². The topological polar surface area (TPSA) is 83.5 Å². The molecule has 0 amide bonds. The summed E-state index contributed by atoms with van der Waals surface area (Å²) in [5.74, 6) is 1.19. The fraction of sp³-hybridized carbons (Fsp3) is 0.0714. The van der Waals surface area contributed by atoms with Gasteiger partial charge < -0.3 is 9.47 Å². The van der Waals surface area contributed by atoms with Crippen LogP contribution in [0.15, 0.2) is 83.8 Å². The Balaban J connectivity index is 1.49. The van der Waals surface area contributed by atoms with E-state index in [1.54, 1.807) is 37.1 Å². The van der Waals surface area contributed by atoms with E-state index in [-0.39, 0.29) is 11.4 Å².